The topological polar surface area (TPSA) is 99.2 Å². The van der Waals surface area contributed by atoms with Crippen LogP contribution in [0, 0.1) is 5.41 Å². The highest BCUT2D eigenvalue weighted by Crippen LogP contribution is 1.80. The first-order valence-corrected chi connectivity index (χ1v) is 2.80. The van der Waals surface area contributed by atoms with E-state index < -0.39 is 6.10 Å². The van der Waals surface area contributed by atoms with E-state index in [9.17, 15) is 4.79 Å². The van der Waals surface area contributed by atoms with Crippen molar-refractivity contribution in [3.8, 4) is 0 Å². The van der Waals surface area contributed by atoms with Gasteiger partial charge in [0.15, 0.2) is 11.7 Å². The highest BCUT2D eigenvalue weighted by Gasteiger charge is 2.07. The van der Waals surface area contributed by atoms with Crippen molar-refractivity contribution in [3.05, 3.63) is 0 Å². The van der Waals surface area contributed by atoms with Crippen molar-refractivity contribution in [2.24, 2.45) is 5.73 Å². The fourth-order valence-electron chi connectivity index (χ4n) is 0.350. The Hall–Kier alpha value is -1.10. The average molecular weight is 145 g/mol. The largest absolute Gasteiger partial charge is 0.383 e. The number of Topliss-reactive ketones (excluding diaryl/α,β-unsaturated/α-hetero) is 1. The van der Waals surface area contributed by atoms with Gasteiger partial charge < -0.3 is 16.2 Å². The number of carbonyl (C=O) groups is 1. The summed E-state index contributed by atoms with van der Waals surface area (Å²) in [6.07, 6.45) is -1.07. The van der Waals surface area contributed by atoms with Crippen molar-refractivity contribution in [3.63, 3.8) is 0 Å². The van der Waals surface area contributed by atoms with Crippen molar-refractivity contribution in [2.45, 2.75) is 13.0 Å². The van der Waals surface area contributed by atoms with E-state index in [0.29, 0.717) is 0 Å². The molecule has 0 aliphatic carbocycles. The SMILES string of the molecule is CC(=O)C(O)CNC(=N)N. The Labute approximate surface area is 58.7 Å². The number of nitrogens with one attached hydrogen (secondary N) is 2. The van der Waals surface area contributed by atoms with Crippen LogP contribution in [-0.4, -0.2) is 29.5 Å². The van der Waals surface area contributed by atoms with Crippen molar-refractivity contribution in [1.29, 1.82) is 5.41 Å². The van der Waals surface area contributed by atoms with Gasteiger partial charge in [-0.05, 0) is 6.92 Å². The lowest BCUT2D eigenvalue weighted by atomic mass is 10.2. The van der Waals surface area contributed by atoms with E-state index in [4.69, 9.17) is 16.2 Å². The molecule has 58 valence electrons. The van der Waals surface area contributed by atoms with Gasteiger partial charge in [0.1, 0.15) is 6.10 Å². The number of hydrogen-bond acceptors (Lipinski definition) is 3. The highest BCUT2D eigenvalue weighted by atomic mass is 16.3. The first kappa shape index (κ1) is 8.90. The van der Waals surface area contributed by atoms with E-state index >= 15 is 0 Å². The number of aliphatic hydroxyl groups is 1. The number of aliphatic hydroxyl groups excluding tert-OH is 1. The molecule has 0 aromatic rings. The third-order valence-electron chi connectivity index (χ3n) is 0.955. The number of guanidine groups is 1. The van der Waals surface area contributed by atoms with Gasteiger partial charge in [0, 0.05) is 0 Å². The average Bonchev–Trinajstić information content (AvgIpc) is 1.82. The smallest absolute Gasteiger partial charge is 0.185 e. The maximum Gasteiger partial charge on any atom is 0.185 e. The molecule has 0 saturated heterocycles. The van der Waals surface area contributed by atoms with Crippen LogP contribution in [0.15, 0.2) is 0 Å². The minimum absolute atomic E-state index is 0.00463. The van der Waals surface area contributed by atoms with Gasteiger partial charge in [-0.3, -0.25) is 10.2 Å². The number of ketones is 1. The Morgan fingerprint density at radius 2 is 2.40 bits per heavy atom. The van der Waals surface area contributed by atoms with Gasteiger partial charge >= 0.3 is 0 Å². The zero-order valence-electron chi connectivity index (χ0n) is 5.72. The lowest BCUT2D eigenvalue weighted by molar-refractivity contribution is -0.124. The van der Waals surface area contributed by atoms with Crippen LogP contribution in [0.2, 0.25) is 0 Å². The molecule has 0 saturated carbocycles. The summed E-state index contributed by atoms with van der Waals surface area (Å²) in [6, 6.07) is 0. The van der Waals surface area contributed by atoms with Gasteiger partial charge in [0.2, 0.25) is 0 Å². The molecule has 0 aromatic carbocycles. The van der Waals surface area contributed by atoms with Gasteiger partial charge in [-0.25, -0.2) is 0 Å². The Morgan fingerprint density at radius 3 is 2.70 bits per heavy atom. The third-order valence-corrected chi connectivity index (χ3v) is 0.955. The molecule has 1 unspecified atom stereocenters. The zero-order valence-corrected chi connectivity index (χ0v) is 5.72. The Balaban J connectivity index is 3.49. The normalized spacial score (nSPS) is 12.2. The highest BCUT2D eigenvalue weighted by molar-refractivity contribution is 5.81. The van der Waals surface area contributed by atoms with Crippen molar-refractivity contribution < 1.29 is 9.90 Å². The molecular formula is C5H11N3O2. The van der Waals surface area contributed by atoms with E-state index in [1.165, 1.54) is 6.92 Å². The predicted octanol–water partition coefficient (Wildman–Crippen LogP) is -1.58. The lowest BCUT2D eigenvalue weighted by Crippen LogP contribution is -2.38. The number of rotatable bonds is 3. The summed E-state index contributed by atoms with van der Waals surface area (Å²) >= 11 is 0. The Kier molecular flexibility index (Phi) is 3.42. The van der Waals surface area contributed by atoms with Crippen LogP contribution >= 0.6 is 0 Å². The summed E-state index contributed by atoms with van der Waals surface area (Å²) in [5.41, 5.74) is 4.89. The molecule has 0 radical (unpaired) electrons. The predicted molar refractivity (Wildman–Crippen MR) is 36.6 cm³/mol. The molecule has 0 spiro atoms. The van der Waals surface area contributed by atoms with Gasteiger partial charge in [-0.15, -0.1) is 0 Å². The maximum atomic E-state index is 10.4. The van der Waals surface area contributed by atoms with Gasteiger partial charge in [-0.2, -0.15) is 0 Å². The standard InChI is InChI=1S/C5H11N3O2/c1-3(9)4(10)2-8-5(6)7/h4,10H,2H2,1H3,(H4,6,7,8). The van der Waals surface area contributed by atoms with Gasteiger partial charge in [-0.1, -0.05) is 0 Å². The minimum atomic E-state index is -1.07. The molecule has 0 bridgehead atoms. The summed E-state index contributed by atoms with van der Waals surface area (Å²) in [6.45, 7) is 1.27. The van der Waals surface area contributed by atoms with Crippen LogP contribution in [0.4, 0.5) is 0 Å². The van der Waals surface area contributed by atoms with Crippen LogP contribution < -0.4 is 11.1 Å². The zero-order chi connectivity index (χ0) is 8.15. The van der Waals surface area contributed by atoms with E-state index in [0.717, 1.165) is 0 Å². The van der Waals surface area contributed by atoms with E-state index in [2.05, 4.69) is 5.32 Å². The summed E-state index contributed by atoms with van der Waals surface area (Å²) in [4.78, 5) is 10.4. The third kappa shape index (κ3) is 3.85. The molecule has 0 heterocycles. The lowest BCUT2D eigenvalue weighted by Gasteiger charge is -2.06. The Morgan fingerprint density at radius 1 is 1.90 bits per heavy atom. The van der Waals surface area contributed by atoms with E-state index in [1.807, 2.05) is 0 Å². The molecular weight excluding hydrogens is 134 g/mol. The summed E-state index contributed by atoms with van der Waals surface area (Å²) < 4.78 is 0. The second-order valence-corrected chi connectivity index (χ2v) is 1.92. The first-order chi connectivity index (χ1) is 4.54. The van der Waals surface area contributed by atoms with E-state index in [-0.39, 0.29) is 18.3 Å². The van der Waals surface area contributed by atoms with Crippen LogP contribution in [0.1, 0.15) is 6.92 Å². The van der Waals surface area contributed by atoms with Crippen molar-refractivity contribution in [1.82, 2.24) is 5.32 Å². The second kappa shape index (κ2) is 3.84. The molecule has 0 aromatic heterocycles. The molecule has 5 N–H and O–H groups in total. The molecule has 1 atom stereocenters. The van der Waals surface area contributed by atoms with Gasteiger partial charge in [0.05, 0.1) is 6.54 Å². The molecule has 10 heavy (non-hydrogen) atoms. The molecule has 0 fully saturated rings. The fraction of sp³-hybridized carbons (Fsp3) is 0.600. The fourth-order valence-corrected chi connectivity index (χ4v) is 0.350. The van der Waals surface area contributed by atoms with E-state index in [1.54, 1.807) is 0 Å². The molecule has 5 nitrogen and oxygen atoms in total. The first-order valence-electron chi connectivity index (χ1n) is 2.80. The Bertz CT molecular complexity index is 146. The number of nitrogens with two attached hydrogens (primary N) is 1. The summed E-state index contributed by atoms with van der Waals surface area (Å²) in [5, 5.41) is 17.8. The van der Waals surface area contributed by atoms with Crippen LogP contribution in [-0.2, 0) is 4.79 Å². The van der Waals surface area contributed by atoms with Crippen LogP contribution in [0.3, 0.4) is 0 Å². The maximum absolute atomic E-state index is 10.4. The second-order valence-electron chi connectivity index (χ2n) is 1.92. The van der Waals surface area contributed by atoms with Crippen molar-refractivity contribution >= 4 is 11.7 Å². The molecule has 0 rings (SSSR count). The van der Waals surface area contributed by atoms with Gasteiger partial charge in [0.25, 0.3) is 0 Å². The summed E-state index contributed by atoms with van der Waals surface area (Å²) in [5.74, 6) is -0.589. The van der Waals surface area contributed by atoms with Crippen LogP contribution in [0.25, 0.3) is 0 Å². The summed E-state index contributed by atoms with van der Waals surface area (Å²) in [7, 11) is 0. The van der Waals surface area contributed by atoms with Crippen LogP contribution in [0.5, 0.6) is 0 Å². The number of hydrogen-bond donors (Lipinski definition) is 4. The number of carbonyl (C=O) groups excluding carboxylic acids is 1. The molecule has 5 heteroatoms. The van der Waals surface area contributed by atoms with Crippen molar-refractivity contribution in [2.75, 3.05) is 6.54 Å². The quantitative estimate of drug-likeness (QED) is 0.284. The molecule has 0 aliphatic rings. The minimum Gasteiger partial charge on any atom is -0.383 e. The molecule has 0 amide bonds. The molecule has 0 aliphatic heterocycles. The monoisotopic (exact) mass is 145 g/mol.